The molecule has 0 aliphatic heterocycles. The zero-order valence-corrected chi connectivity index (χ0v) is 16.7. The van der Waals surface area contributed by atoms with Crippen LogP contribution in [0.4, 0.5) is 16.2 Å². The number of aryl methyl sites for hydroxylation is 2. The molecular weight excluding hydrogens is 352 g/mol. The van der Waals surface area contributed by atoms with Crippen LogP contribution in [0.5, 0.6) is 0 Å². The van der Waals surface area contributed by atoms with E-state index in [-0.39, 0.29) is 17.0 Å². The van der Waals surface area contributed by atoms with Crippen molar-refractivity contribution in [2.24, 2.45) is 5.41 Å². The lowest BCUT2D eigenvalue weighted by Gasteiger charge is -2.17. The Morgan fingerprint density at radius 3 is 2.32 bits per heavy atom. The van der Waals surface area contributed by atoms with Crippen LogP contribution in [-0.2, 0) is 6.42 Å². The molecule has 146 valence electrons. The summed E-state index contributed by atoms with van der Waals surface area (Å²) in [5, 5.41) is 13.7. The van der Waals surface area contributed by atoms with Crippen LogP contribution in [0.2, 0.25) is 0 Å². The van der Waals surface area contributed by atoms with E-state index >= 15 is 0 Å². The summed E-state index contributed by atoms with van der Waals surface area (Å²) in [6, 6.07) is 12.5. The van der Waals surface area contributed by atoms with Gasteiger partial charge in [-0.25, -0.2) is 9.89 Å². The highest BCUT2D eigenvalue weighted by molar-refractivity contribution is 6.01. The van der Waals surface area contributed by atoms with Gasteiger partial charge in [-0.15, -0.1) is 0 Å². The Hall–Kier alpha value is -3.15. The van der Waals surface area contributed by atoms with E-state index in [1.54, 1.807) is 12.1 Å². The van der Waals surface area contributed by atoms with Crippen LogP contribution in [0.25, 0.3) is 10.8 Å². The quantitative estimate of drug-likeness (QED) is 0.606. The number of hydrogen-bond acceptors (Lipinski definition) is 3. The number of anilines is 2. The van der Waals surface area contributed by atoms with Crippen molar-refractivity contribution in [1.82, 2.24) is 10.2 Å². The SMILES string of the molecule is Cc1ccc(NC(=O)Nc2ccc3c(CCC(C)(C)C)n[nH]c(=O)c3c2)cc1. The first kappa shape index (κ1) is 19.6. The van der Waals surface area contributed by atoms with Crippen LogP contribution in [0.15, 0.2) is 47.3 Å². The molecule has 6 heteroatoms. The number of carbonyl (C=O) groups excluding carboxylic acids is 1. The van der Waals surface area contributed by atoms with Crippen molar-refractivity contribution in [3.05, 3.63) is 64.1 Å². The predicted molar refractivity (Wildman–Crippen MR) is 114 cm³/mol. The van der Waals surface area contributed by atoms with Crippen LogP contribution >= 0.6 is 0 Å². The molecule has 1 aromatic heterocycles. The highest BCUT2D eigenvalue weighted by atomic mass is 16.2. The number of amides is 2. The number of urea groups is 1. The van der Waals surface area contributed by atoms with Gasteiger partial charge in [-0.1, -0.05) is 44.5 Å². The number of fused-ring (bicyclic) bond motifs is 1. The number of aromatic amines is 1. The molecule has 0 unspecified atom stereocenters. The molecule has 6 nitrogen and oxygen atoms in total. The first-order valence-electron chi connectivity index (χ1n) is 9.37. The minimum Gasteiger partial charge on any atom is -0.308 e. The predicted octanol–water partition coefficient (Wildman–Crippen LogP) is 4.85. The van der Waals surface area contributed by atoms with Gasteiger partial charge in [0.05, 0.1) is 11.1 Å². The first-order valence-corrected chi connectivity index (χ1v) is 9.37. The largest absolute Gasteiger partial charge is 0.323 e. The maximum atomic E-state index is 12.2. The molecule has 0 radical (unpaired) electrons. The van der Waals surface area contributed by atoms with Crippen molar-refractivity contribution in [1.29, 1.82) is 0 Å². The molecule has 0 spiro atoms. The normalized spacial score (nSPS) is 11.4. The topological polar surface area (TPSA) is 86.9 Å². The Labute approximate surface area is 164 Å². The Balaban J connectivity index is 1.79. The van der Waals surface area contributed by atoms with Gasteiger partial charge in [0.15, 0.2) is 0 Å². The summed E-state index contributed by atoms with van der Waals surface area (Å²) in [4.78, 5) is 24.5. The summed E-state index contributed by atoms with van der Waals surface area (Å²) in [6.45, 7) is 8.52. The summed E-state index contributed by atoms with van der Waals surface area (Å²) in [6.07, 6.45) is 1.73. The molecule has 0 atom stereocenters. The summed E-state index contributed by atoms with van der Waals surface area (Å²) >= 11 is 0. The summed E-state index contributed by atoms with van der Waals surface area (Å²) < 4.78 is 0. The molecule has 0 fully saturated rings. The summed E-state index contributed by atoms with van der Waals surface area (Å²) in [7, 11) is 0. The smallest absolute Gasteiger partial charge is 0.308 e. The van der Waals surface area contributed by atoms with Gasteiger partial charge in [0.1, 0.15) is 0 Å². The molecule has 2 aromatic carbocycles. The Morgan fingerprint density at radius 2 is 1.64 bits per heavy atom. The minimum absolute atomic E-state index is 0.180. The summed E-state index contributed by atoms with van der Waals surface area (Å²) in [5.41, 5.74) is 3.15. The molecule has 0 saturated carbocycles. The molecule has 0 saturated heterocycles. The molecule has 0 aliphatic rings. The van der Waals surface area contributed by atoms with E-state index in [1.165, 1.54) is 0 Å². The second kappa shape index (κ2) is 7.84. The average Bonchev–Trinajstić information content (AvgIpc) is 2.63. The number of hydrogen-bond donors (Lipinski definition) is 3. The van der Waals surface area contributed by atoms with Gasteiger partial charge in [0.25, 0.3) is 5.56 Å². The number of H-pyrrole nitrogens is 1. The lowest BCUT2D eigenvalue weighted by atomic mass is 9.89. The number of aromatic nitrogens is 2. The van der Waals surface area contributed by atoms with Crippen LogP contribution < -0.4 is 16.2 Å². The molecule has 2 amide bonds. The Morgan fingerprint density at radius 1 is 1.00 bits per heavy atom. The molecule has 28 heavy (non-hydrogen) atoms. The maximum absolute atomic E-state index is 12.2. The van der Waals surface area contributed by atoms with Crippen molar-refractivity contribution in [3.8, 4) is 0 Å². The Bertz CT molecular complexity index is 1050. The van der Waals surface area contributed by atoms with Gasteiger partial charge in [-0.3, -0.25) is 4.79 Å². The van der Waals surface area contributed by atoms with Gasteiger partial charge in [-0.2, -0.15) is 5.10 Å². The first-order chi connectivity index (χ1) is 13.2. The van der Waals surface area contributed by atoms with Crippen LogP contribution in [0.3, 0.4) is 0 Å². The number of nitrogens with one attached hydrogen (secondary N) is 3. The van der Waals surface area contributed by atoms with Crippen LogP contribution in [0.1, 0.15) is 38.4 Å². The van der Waals surface area contributed by atoms with E-state index in [4.69, 9.17) is 0 Å². The second-order valence-electron chi connectivity index (χ2n) is 8.27. The lowest BCUT2D eigenvalue weighted by Crippen LogP contribution is -2.20. The minimum atomic E-state index is -0.360. The number of nitrogens with zero attached hydrogens (tertiary/aromatic N) is 1. The summed E-state index contributed by atoms with van der Waals surface area (Å²) in [5.74, 6) is 0. The van der Waals surface area contributed by atoms with Crippen molar-refractivity contribution in [2.75, 3.05) is 10.6 Å². The van der Waals surface area contributed by atoms with Gasteiger partial charge in [0.2, 0.25) is 0 Å². The van der Waals surface area contributed by atoms with E-state index < -0.39 is 0 Å². The number of benzene rings is 2. The van der Waals surface area contributed by atoms with Crippen molar-refractivity contribution in [3.63, 3.8) is 0 Å². The van der Waals surface area contributed by atoms with Crippen molar-refractivity contribution >= 4 is 28.2 Å². The molecule has 3 aromatic rings. The lowest BCUT2D eigenvalue weighted by molar-refractivity contribution is 0.262. The van der Waals surface area contributed by atoms with Crippen molar-refractivity contribution in [2.45, 2.75) is 40.5 Å². The maximum Gasteiger partial charge on any atom is 0.323 e. The van der Waals surface area contributed by atoms with E-state index in [9.17, 15) is 9.59 Å². The zero-order chi connectivity index (χ0) is 20.3. The third kappa shape index (κ3) is 4.97. The average molecular weight is 378 g/mol. The van der Waals surface area contributed by atoms with E-state index in [0.717, 1.165) is 29.5 Å². The van der Waals surface area contributed by atoms with Gasteiger partial charge in [0, 0.05) is 16.8 Å². The zero-order valence-electron chi connectivity index (χ0n) is 16.7. The van der Waals surface area contributed by atoms with Crippen LogP contribution in [-0.4, -0.2) is 16.2 Å². The van der Waals surface area contributed by atoms with Gasteiger partial charge in [-0.05, 0) is 49.4 Å². The van der Waals surface area contributed by atoms with Crippen LogP contribution in [0, 0.1) is 12.3 Å². The molecular formula is C22H26N4O2. The molecule has 3 N–H and O–H groups in total. The van der Waals surface area contributed by atoms with E-state index in [2.05, 4.69) is 41.6 Å². The highest BCUT2D eigenvalue weighted by Gasteiger charge is 2.14. The fourth-order valence-electron chi connectivity index (χ4n) is 2.91. The molecule has 0 bridgehead atoms. The highest BCUT2D eigenvalue weighted by Crippen LogP contribution is 2.24. The number of carbonyl (C=O) groups is 1. The molecule has 3 rings (SSSR count). The molecule has 0 aliphatic carbocycles. The second-order valence-corrected chi connectivity index (χ2v) is 8.27. The fraction of sp³-hybridized carbons (Fsp3) is 0.318. The molecule has 1 heterocycles. The Kier molecular flexibility index (Phi) is 5.49. The number of rotatable bonds is 4. The standard InChI is InChI=1S/C22H26N4O2/c1-14-5-7-15(8-6-14)23-21(28)24-16-9-10-17-18(13-16)20(27)26-25-19(17)11-12-22(2,3)4/h5-10,13H,11-12H2,1-4H3,(H,26,27)(H2,23,24,28). The fourth-order valence-corrected chi connectivity index (χ4v) is 2.91. The van der Waals surface area contributed by atoms with Crippen molar-refractivity contribution < 1.29 is 4.79 Å². The van der Waals surface area contributed by atoms with E-state index in [1.807, 2.05) is 37.3 Å². The van der Waals surface area contributed by atoms with Gasteiger partial charge < -0.3 is 10.6 Å². The van der Waals surface area contributed by atoms with Gasteiger partial charge >= 0.3 is 6.03 Å². The monoisotopic (exact) mass is 378 g/mol. The third-order valence-corrected chi connectivity index (χ3v) is 4.55. The van der Waals surface area contributed by atoms with E-state index in [0.29, 0.717) is 16.8 Å². The third-order valence-electron chi connectivity index (χ3n) is 4.55.